The number of hydrogen-bond acceptors (Lipinski definition) is 7. The minimum Gasteiger partial charge on any atom is -0.507 e. The molecule has 0 aliphatic heterocycles. The van der Waals surface area contributed by atoms with Crippen LogP contribution in [0.1, 0.15) is 17.0 Å². The molecule has 0 bridgehead atoms. The van der Waals surface area contributed by atoms with Crippen LogP contribution in [0, 0.1) is 0 Å². The lowest BCUT2D eigenvalue weighted by Gasteiger charge is -2.15. The molecule has 0 aliphatic carbocycles. The Hall–Kier alpha value is -3.49. The number of carboxylic acids is 1. The molecule has 0 amide bonds. The summed E-state index contributed by atoms with van der Waals surface area (Å²) < 4.78 is 10.2. The van der Waals surface area contributed by atoms with Crippen molar-refractivity contribution < 1.29 is 28.9 Å². The van der Waals surface area contributed by atoms with Crippen LogP contribution >= 0.6 is 23.2 Å². The van der Waals surface area contributed by atoms with Crippen LogP contribution < -0.4 is 11.3 Å². The molecule has 10 heteroatoms. The lowest BCUT2D eigenvalue weighted by molar-refractivity contribution is -0.137. The summed E-state index contributed by atoms with van der Waals surface area (Å²) in [5.74, 6) is -5.30. The van der Waals surface area contributed by atoms with E-state index in [0.29, 0.717) is 0 Å². The van der Waals surface area contributed by atoms with Crippen molar-refractivity contribution >= 4 is 51.1 Å². The van der Waals surface area contributed by atoms with Crippen molar-refractivity contribution in [1.82, 2.24) is 0 Å². The van der Waals surface area contributed by atoms with E-state index in [-0.39, 0.29) is 32.0 Å². The Bertz CT molecular complexity index is 1360. The third-order valence-electron chi connectivity index (χ3n) is 4.57. The van der Waals surface area contributed by atoms with Crippen LogP contribution in [0.4, 0.5) is 0 Å². The molecule has 0 unspecified atom stereocenters. The zero-order chi connectivity index (χ0) is 21.7. The van der Waals surface area contributed by atoms with E-state index in [1.807, 2.05) is 0 Å². The quantitative estimate of drug-likeness (QED) is 0.401. The van der Waals surface area contributed by atoms with Gasteiger partial charge >= 0.3 is 17.2 Å². The van der Waals surface area contributed by atoms with Crippen molar-refractivity contribution in [3.63, 3.8) is 0 Å². The number of aliphatic carboxylic acids is 1. The Kier molecular flexibility index (Phi) is 4.68. The molecule has 4 aromatic rings. The average molecular weight is 449 g/mol. The fourth-order valence-corrected chi connectivity index (χ4v) is 3.59. The molecule has 3 N–H and O–H groups in total. The highest BCUT2D eigenvalue weighted by Gasteiger charge is 2.36. The van der Waals surface area contributed by atoms with Crippen LogP contribution in [-0.2, 0) is 4.79 Å². The Morgan fingerprint density at radius 1 is 0.800 bits per heavy atom. The van der Waals surface area contributed by atoms with Gasteiger partial charge in [-0.3, -0.25) is 4.79 Å². The minimum atomic E-state index is -2.09. The van der Waals surface area contributed by atoms with Gasteiger partial charge in [0.2, 0.25) is 0 Å². The van der Waals surface area contributed by atoms with Gasteiger partial charge in [-0.1, -0.05) is 23.2 Å². The van der Waals surface area contributed by atoms with Gasteiger partial charge in [0.15, 0.2) is 0 Å². The summed E-state index contributed by atoms with van der Waals surface area (Å²) in [4.78, 5) is 37.2. The van der Waals surface area contributed by atoms with Crippen LogP contribution in [0.2, 0.25) is 10.0 Å². The maximum atomic E-state index is 12.5. The van der Waals surface area contributed by atoms with E-state index in [9.17, 15) is 29.7 Å². The lowest BCUT2D eigenvalue weighted by Crippen LogP contribution is -2.26. The van der Waals surface area contributed by atoms with Crippen LogP contribution in [0.3, 0.4) is 0 Å². The topological polar surface area (TPSA) is 138 Å². The molecule has 8 nitrogen and oxygen atoms in total. The average Bonchev–Trinajstić information content (AvgIpc) is 2.68. The molecule has 0 spiro atoms. The molecular weight excluding hydrogens is 439 g/mol. The van der Waals surface area contributed by atoms with Crippen molar-refractivity contribution in [2.24, 2.45) is 0 Å². The molecule has 152 valence electrons. The van der Waals surface area contributed by atoms with Crippen LogP contribution in [-0.4, -0.2) is 21.3 Å². The fraction of sp³-hybridized carbons (Fsp3) is 0.0500. The van der Waals surface area contributed by atoms with Gasteiger partial charge < -0.3 is 24.2 Å². The first-order valence-corrected chi connectivity index (χ1v) is 9.08. The SMILES string of the molecule is O=C(O)C(c1c(O)c2cc(Cl)ccc2oc1=O)c1c(O)c2cc(Cl)ccc2oc1=O. The van der Waals surface area contributed by atoms with E-state index in [1.165, 1.54) is 36.4 Å². The van der Waals surface area contributed by atoms with E-state index in [1.54, 1.807) is 0 Å². The number of benzene rings is 2. The lowest BCUT2D eigenvalue weighted by atomic mass is 9.90. The predicted octanol–water partition coefficient (Wildman–Crippen LogP) is 3.83. The molecule has 0 radical (unpaired) electrons. The molecule has 2 heterocycles. The van der Waals surface area contributed by atoms with Gasteiger partial charge in [-0.05, 0) is 36.4 Å². The van der Waals surface area contributed by atoms with Crippen molar-refractivity contribution in [2.75, 3.05) is 0 Å². The van der Waals surface area contributed by atoms with E-state index >= 15 is 0 Å². The summed E-state index contributed by atoms with van der Waals surface area (Å²) >= 11 is 11.8. The van der Waals surface area contributed by atoms with E-state index in [2.05, 4.69) is 0 Å². The maximum Gasteiger partial charge on any atom is 0.344 e. The third kappa shape index (κ3) is 3.06. The Morgan fingerprint density at radius 3 is 1.57 bits per heavy atom. The Balaban J connectivity index is 2.10. The van der Waals surface area contributed by atoms with Gasteiger partial charge in [0, 0.05) is 10.0 Å². The summed E-state index contributed by atoms with van der Waals surface area (Å²) in [5.41, 5.74) is -4.03. The number of carbonyl (C=O) groups is 1. The molecule has 0 atom stereocenters. The minimum absolute atomic E-state index is 0.0451. The highest BCUT2D eigenvalue weighted by atomic mass is 35.5. The fourth-order valence-electron chi connectivity index (χ4n) is 3.25. The first kappa shape index (κ1) is 19.8. The third-order valence-corrected chi connectivity index (χ3v) is 5.04. The summed E-state index contributed by atoms with van der Waals surface area (Å²) in [6.07, 6.45) is 0. The number of rotatable bonds is 3. The Morgan fingerprint density at radius 2 is 1.20 bits per heavy atom. The number of aromatic hydroxyl groups is 2. The number of carboxylic acid groups (broad SMARTS) is 1. The number of fused-ring (bicyclic) bond motifs is 2. The molecule has 0 aliphatic rings. The van der Waals surface area contributed by atoms with Gasteiger partial charge in [-0.2, -0.15) is 0 Å². The van der Waals surface area contributed by atoms with E-state index < -0.39 is 45.8 Å². The molecule has 4 rings (SSSR count). The van der Waals surface area contributed by atoms with Crippen LogP contribution in [0.25, 0.3) is 21.9 Å². The van der Waals surface area contributed by atoms with Gasteiger partial charge in [-0.15, -0.1) is 0 Å². The van der Waals surface area contributed by atoms with Gasteiger partial charge in [-0.25, -0.2) is 9.59 Å². The molecule has 0 saturated heterocycles. The molecule has 0 fully saturated rings. The standard InChI is InChI=1S/C20H10Cl2O8/c21-7-1-3-11-9(5-7)16(23)14(19(27)29-11)13(18(25)26)15-17(24)10-6-8(22)2-4-12(10)30-20(15)28/h1-6,13,23-24H,(H,25,26). The second-order valence-corrected chi connectivity index (χ2v) is 7.23. The summed E-state index contributed by atoms with van der Waals surface area (Å²) in [6, 6.07) is 7.99. The van der Waals surface area contributed by atoms with E-state index in [4.69, 9.17) is 32.0 Å². The van der Waals surface area contributed by atoms with Crippen molar-refractivity contribution in [3.8, 4) is 11.5 Å². The predicted molar refractivity (Wildman–Crippen MR) is 108 cm³/mol. The highest BCUT2D eigenvalue weighted by molar-refractivity contribution is 6.31. The molecule has 2 aromatic heterocycles. The van der Waals surface area contributed by atoms with Crippen LogP contribution in [0.5, 0.6) is 11.5 Å². The molecule has 0 saturated carbocycles. The molecular formula is C20H10Cl2O8. The molecule has 2 aromatic carbocycles. The van der Waals surface area contributed by atoms with Gasteiger partial charge in [0.05, 0.1) is 21.9 Å². The Labute approximate surface area is 176 Å². The largest absolute Gasteiger partial charge is 0.507 e. The second kappa shape index (κ2) is 7.08. The number of halogens is 2. The van der Waals surface area contributed by atoms with Crippen LogP contribution in [0.15, 0.2) is 54.8 Å². The zero-order valence-corrected chi connectivity index (χ0v) is 16.2. The van der Waals surface area contributed by atoms with Crippen molar-refractivity contribution in [1.29, 1.82) is 0 Å². The van der Waals surface area contributed by atoms with Gasteiger partial charge in [0.25, 0.3) is 0 Å². The first-order chi connectivity index (χ1) is 14.2. The normalized spacial score (nSPS) is 11.4. The van der Waals surface area contributed by atoms with E-state index in [0.717, 1.165) is 0 Å². The maximum absolute atomic E-state index is 12.5. The monoisotopic (exact) mass is 448 g/mol. The summed E-state index contributed by atoms with van der Waals surface area (Å²) in [6.45, 7) is 0. The van der Waals surface area contributed by atoms with Gasteiger partial charge in [0.1, 0.15) is 28.6 Å². The smallest absolute Gasteiger partial charge is 0.344 e. The van der Waals surface area contributed by atoms with Crippen molar-refractivity contribution in [3.05, 3.63) is 78.4 Å². The molecule has 30 heavy (non-hydrogen) atoms. The summed E-state index contributed by atoms with van der Waals surface area (Å²) in [7, 11) is 0. The first-order valence-electron chi connectivity index (χ1n) is 8.32. The zero-order valence-electron chi connectivity index (χ0n) is 14.7. The van der Waals surface area contributed by atoms with Crippen molar-refractivity contribution in [2.45, 2.75) is 5.92 Å². The summed E-state index contributed by atoms with van der Waals surface area (Å²) in [5, 5.41) is 31.4. The number of hydrogen-bond donors (Lipinski definition) is 3. The highest BCUT2D eigenvalue weighted by Crippen LogP contribution is 2.39. The second-order valence-electron chi connectivity index (χ2n) is 6.36.